The maximum Gasteiger partial charge on any atom is 0.262 e. The third kappa shape index (κ3) is 1.67. The van der Waals surface area contributed by atoms with Crippen molar-refractivity contribution in [3.05, 3.63) is 66.0 Å². The summed E-state index contributed by atoms with van der Waals surface area (Å²) in [4.78, 5) is 16.1. The first-order chi connectivity index (χ1) is 10.7. The number of aromatic nitrogens is 2. The summed E-state index contributed by atoms with van der Waals surface area (Å²) in [6.07, 6.45) is 1.87. The number of hydrogen-bond donors (Lipinski definition) is 2. The van der Waals surface area contributed by atoms with E-state index in [-0.39, 0.29) is 5.91 Å². The van der Waals surface area contributed by atoms with Crippen molar-refractivity contribution in [3.63, 3.8) is 0 Å². The molecular weight excluding hydrogens is 274 g/mol. The van der Waals surface area contributed by atoms with Gasteiger partial charge in [-0.1, -0.05) is 24.3 Å². The van der Waals surface area contributed by atoms with Crippen LogP contribution < -0.4 is 5.73 Å². The summed E-state index contributed by atoms with van der Waals surface area (Å²) >= 11 is 0. The van der Waals surface area contributed by atoms with Gasteiger partial charge in [0.05, 0.1) is 11.2 Å². The average molecular weight is 289 g/mol. The summed E-state index contributed by atoms with van der Waals surface area (Å²) in [5.74, 6) is -0.0677. The molecule has 2 aromatic heterocycles. The van der Waals surface area contributed by atoms with E-state index in [0.29, 0.717) is 11.3 Å². The molecule has 0 amide bonds. The molecule has 0 unspecified atom stereocenters. The number of carbonyl (C=O) groups is 1. The predicted molar refractivity (Wildman–Crippen MR) is 89.1 cm³/mol. The van der Waals surface area contributed by atoms with Gasteiger partial charge in [-0.25, -0.2) is 0 Å². The second-order valence-corrected chi connectivity index (χ2v) is 5.44. The molecule has 4 nitrogen and oxygen atoms in total. The fourth-order valence-corrected chi connectivity index (χ4v) is 2.96. The van der Waals surface area contributed by atoms with Gasteiger partial charge in [-0.3, -0.25) is 9.36 Å². The second-order valence-electron chi connectivity index (χ2n) is 5.44. The van der Waals surface area contributed by atoms with E-state index in [1.54, 1.807) is 4.57 Å². The number of fused-ring (bicyclic) bond motifs is 2. The lowest BCUT2D eigenvalue weighted by atomic mass is 10.1. The van der Waals surface area contributed by atoms with Crippen LogP contribution in [0.25, 0.3) is 21.8 Å². The highest BCUT2D eigenvalue weighted by Gasteiger charge is 2.18. The second kappa shape index (κ2) is 4.49. The first-order valence-corrected chi connectivity index (χ1v) is 7.14. The van der Waals surface area contributed by atoms with Gasteiger partial charge in [0, 0.05) is 28.4 Å². The first-order valence-electron chi connectivity index (χ1n) is 7.14. The van der Waals surface area contributed by atoms with Crippen molar-refractivity contribution in [2.45, 2.75) is 6.92 Å². The summed E-state index contributed by atoms with van der Waals surface area (Å²) in [5.41, 5.74) is 10.0. The lowest BCUT2D eigenvalue weighted by molar-refractivity contribution is 0.0963. The monoisotopic (exact) mass is 289 g/mol. The number of hydrogen-bond acceptors (Lipinski definition) is 2. The van der Waals surface area contributed by atoms with E-state index in [1.165, 1.54) is 0 Å². The Morgan fingerprint density at radius 3 is 2.82 bits per heavy atom. The Hall–Kier alpha value is -3.01. The van der Waals surface area contributed by atoms with Gasteiger partial charge in [-0.15, -0.1) is 0 Å². The molecule has 2 heterocycles. The SMILES string of the molecule is Cc1c(N)c2ccccc2n1C(=O)c1ccc2cc[nH]c2c1. The van der Waals surface area contributed by atoms with E-state index in [0.717, 1.165) is 27.5 Å². The van der Waals surface area contributed by atoms with Crippen molar-refractivity contribution in [1.82, 2.24) is 9.55 Å². The number of nitrogens with two attached hydrogens (primary N) is 1. The van der Waals surface area contributed by atoms with Gasteiger partial charge in [0.2, 0.25) is 0 Å². The van der Waals surface area contributed by atoms with Crippen LogP contribution in [0.1, 0.15) is 16.1 Å². The van der Waals surface area contributed by atoms with Gasteiger partial charge >= 0.3 is 0 Å². The molecular formula is C18H15N3O. The molecule has 4 heteroatoms. The van der Waals surface area contributed by atoms with E-state index >= 15 is 0 Å². The number of benzene rings is 2. The minimum atomic E-state index is -0.0677. The van der Waals surface area contributed by atoms with Crippen molar-refractivity contribution in [3.8, 4) is 0 Å². The number of anilines is 1. The third-order valence-electron chi connectivity index (χ3n) is 4.17. The zero-order valence-corrected chi connectivity index (χ0v) is 12.1. The molecule has 0 aliphatic rings. The van der Waals surface area contributed by atoms with Crippen molar-refractivity contribution < 1.29 is 4.79 Å². The van der Waals surface area contributed by atoms with Crippen LogP contribution in [-0.2, 0) is 0 Å². The molecule has 0 bridgehead atoms. The standard InChI is InChI=1S/C18H15N3O/c1-11-17(19)14-4-2-3-5-16(14)21(11)18(22)13-7-6-12-8-9-20-15(12)10-13/h2-10,20H,19H2,1H3. The van der Waals surface area contributed by atoms with Crippen molar-refractivity contribution in [2.75, 3.05) is 5.73 Å². The molecule has 22 heavy (non-hydrogen) atoms. The van der Waals surface area contributed by atoms with Crippen LogP contribution in [0.5, 0.6) is 0 Å². The predicted octanol–water partition coefficient (Wildman–Crippen LogP) is 3.70. The van der Waals surface area contributed by atoms with Crippen LogP contribution in [-0.4, -0.2) is 15.5 Å². The lowest BCUT2D eigenvalue weighted by Crippen LogP contribution is -2.13. The highest BCUT2D eigenvalue weighted by molar-refractivity contribution is 6.08. The van der Waals surface area contributed by atoms with Crippen LogP contribution in [0.15, 0.2) is 54.7 Å². The quantitative estimate of drug-likeness (QED) is 0.561. The Balaban J connectivity index is 1.94. The lowest BCUT2D eigenvalue weighted by Gasteiger charge is -2.07. The maximum absolute atomic E-state index is 13.0. The molecule has 108 valence electrons. The minimum absolute atomic E-state index is 0.0677. The highest BCUT2D eigenvalue weighted by atomic mass is 16.2. The largest absolute Gasteiger partial charge is 0.397 e. The molecule has 0 spiro atoms. The van der Waals surface area contributed by atoms with Gasteiger partial charge < -0.3 is 10.7 Å². The molecule has 0 saturated carbocycles. The van der Waals surface area contributed by atoms with Crippen molar-refractivity contribution in [1.29, 1.82) is 0 Å². The molecule has 3 N–H and O–H groups in total. The van der Waals surface area contributed by atoms with E-state index < -0.39 is 0 Å². The van der Waals surface area contributed by atoms with Crippen LogP contribution in [0.3, 0.4) is 0 Å². The fraction of sp³-hybridized carbons (Fsp3) is 0.0556. The number of rotatable bonds is 1. The molecule has 0 radical (unpaired) electrons. The number of H-pyrrole nitrogens is 1. The summed E-state index contributed by atoms with van der Waals surface area (Å²) in [7, 11) is 0. The van der Waals surface area contributed by atoms with E-state index in [1.807, 2.05) is 61.7 Å². The molecule has 0 atom stereocenters. The van der Waals surface area contributed by atoms with Gasteiger partial charge in [-0.05, 0) is 36.6 Å². The number of nitrogens with zero attached hydrogens (tertiary/aromatic N) is 1. The first kappa shape index (κ1) is 12.7. The molecule has 0 saturated heterocycles. The Morgan fingerprint density at radius 1 is 1.14 bits per heavy atom. The molecule has 0 aliphatic carbocycles. The number of nitrogen functional groups attached to an aromatic ring is 1. The van der Waals surface area contributed by atoms with Crippen molar-refractivity contribution in [2.24, 2.45) is 0 Å². The number of nitrogens with one attached hydrogen (secondary N) is 1. The average Bonchev–Trinajstić information content (AvgIpc) is 3.10. The van der Waals surface area contributed by atoms with Gasteiger partial charge in [0.25, 0.3) is 5.91 Å². The highest BCUT2D eigenvalue weighted by Crippen LogP contribution is 2.29. The summed E-state index contributed by atoms with van der Waals surface area (Å²) in [6.45, 7) is 1.88. The molecule has 4 rings (SSSR count). The van der Waals surface area contributed by atoms with Crippen LogP contribution in [0.4, 0.5) is 5.69 Å². The Kier molecular flexibility index (Phi) is 2.60. The van der Waals surface area contributed by atoms with E-state index in [4.69, 9.17) is 5.73 Å². The number of carbonyl (C=O) groups excluding carboxylic acids is 1. The van der Waals surface area contributed by atoms with E-state index in [2.05, 4.69) is 4.98 Å². The molecule has 4 aromatic rings. The Labute approximate surface area is 127 Å². The van der Waals surface area contributed by atoms with Crippen LogP contribution in [0, 0.1) is 6.92 Å². The van der Waals surface area contributed by atoms with Crippen LogP contribution >= 0.6 is 0 Å². The smallest absolute Gasteiger partial charge is 0.262 e. The molecule has 0 fully saturated rings. The normalized spacial score (nSPS) is 11.3. The van der Waals surface area contributed by atoms with Crippen molar-refractivity contribution >= 4 is 33.4 Å². The maximum atomic E-state index is 13.0. The topological polar surface area (TPSA) is 63.8 Å². The van der Waals surface area contributed by atoms with Crippen LogP contribution in [0.2, 0.25) is 0 Å². The summed E-state index contributed by atoms with van der Waals surface area (Å²) in [6, 6.07) is 15.4. The van der Waals surface area contributed by atoms with Gasteiger partial charge in [-0.2, -0.15) is 0 Å². The third-order valence-corrected chi connectivity index (χ3v) is 4.17. The molecule has 0 aliphatic heterocycles. The van der Waals surface area contributed by atoms with E-state index in [9.17, 15) is 4.79 Å². The Bertz CT molecular complexity index is 1020. The summed E-state index contributed by atoms with van der Waals surface area (Å²) < 4.78 is 1.69. The Morgan fingerprint density at radius 2 is 1.95 bits per heavy atom. The zero-order chi connectivity index (χ0) is 15.3. The zero-order valence-electron chi connectivity index (χ0n) is 12.1. The number of para-hydroxylation sites is 1. The fourth-order valence-electron chi connectivity index (χ4n) is 2.96. The van der Waals surface area contributed by atoms with Gasteiger partial charge in [0.1, 0.15) is 0 Å². The molecule has 2 aromatic carbocycles. The number of aromatic amines is 1. The summed E-state index contributed by atoms with van der Waals surface area (Å²) in [5, 5.41) is 2.00. The van der Waals surface area contributed by atoms with Gasteiger partial charge in [0.15, 0.2) is 0 Å². The minimum Gasteiger partial charge on any atom is -0.397 e.